The van der Waals surface area contributed by atoms with Crippen LogP contribution in [0.25, 0.3) is 0 Å². The summed E-state index contributed by atoms with van der Waals surface area (Å²) in [5.41, 5.74) is 2.93. The maximum Gasteiger partial charge on any atom is 0.314 e. The lowest BCUT2D eigenvalue weighted by molar-refractivity contribution is -0.145. The van der Waals surface area contributed by atoms with Crippen molar-refractivity contribution in [1.29, 1.82) is 0 Å². The Labute approximate surface area is 110 Å². The van der Waals surface area contributed by atoms with Gasteiger partial charge in [-0.2, -0.15) is 5.10 Å². The molecule has 1 aromatic rings. The molecule has 1 rings (SSSR count). The summed E-state index contributed by atoms with van der Waals surface area (Å²) in [5.74, 6) is -1.09. The van der Waals surface area contributed by atoms with E-state index in [1.54, 1.807) is 32.9 Å². The third-order valence-corrected chi connectivity index (χ3v) is 3.21. The lowest BCUT2D eigenvalue weighted by atomic mass is 10.1. The number of carbonyl (C=O) groups excluding carboxylic acids is 2. The first kappa shape index (κ1) is 14.4. The monoisotopic (exact) mass is 268 g/mol. The van der Waals surface area contributed by atoms with Crippen LogP contribution in [0.5, 0.6) is 0 Å². The number of hydrogen-bond donors (Lipinski definition) is 1. The van der Waals surface area contributed by atoms with E-state index in [0.29, 0.717) is 17.2 Å². The zero-order chi connectivity index (χ0) is 13.5. The lowest BCUT2D eigenvalue weighted by Crippen LogP contribution is -2.25. The predicted molar refractivity (Wildman–Crippen MR) is 70.7 cm³/mol. The van der Waals surface area contributed by atoms with Crippen molar-refractivity contribution in [2.75, 3.05) is 6.61 Å². The molecule has 0 aliphatic carbocycles. The number of nitrogens with zero attached hydrogens (tertiary/aromatic N) is 1. The topological polar surface area (TPSA) is 67.8 Å². The van der Waals surface area contributed by atoms with Crippen LogP contribution in [0.4, 0.5) is 0 Å². The summed E-state index contributed by atoms with van der Waals surface area (Å²) in [5, 5.41) is 5.72. The van der Waals surface area contributed by atoms with Gasteiger partial charge in [-0.3, -0.25) is 9.59 Å². The highest BCUT2D eigenvalue weighted by molar-refractivity contribution is 7.12. The first-order chi connectivity index (χ1) is 8.56. The molecule has 98 valence electrons. The van der Waals surface area contributed by atoms with Crippen LogP contribution in [-0.2, 0) is 9.53 Å². The van der Waals surface area contributed by atoms with Gasteiger partial charge in [-0.05, 0) is 32.2 Å². The third-order valence-electron chi connectivity index (χ3n) is 2.35. The van der Waals surface area contributed by atoms with Crippen LogP contribution in [0.15, 0.2) is 22.6 Å². The molecule has 0 saturated heterocycles. The maximum atomic E-state index is 11.6. The number of esters is 1. The molecule has 0 bridgehead atoms. The predicted octanol–water partition coefficient (Wildman–Crippen LogP) is 2.05. The van der Waals surface area contributed by atoms with Gasteiger partial charge in [-0.25, -0.2) is 5.43 Å². The van der Waals surface area contributed by atoms with Crippen LogP contribution in [0.1, 0.15) is 30.4 Å². The second-order valence-corrected chi connectivity index (χ2v) is 4.59. The summed E-state index contributed by atoms with van der Waals surface area (Å²) >= 11 is 1.33. The van der Waals surface area contributed by atoms with Gasteiger partial charge in [0.2, 0.25) is 0 Å². The van der Waals surface area contributed by atoms with Crippen molar-refractivity contribution in [2.24, 2.45) is 11.0 Å². The van der Waals surface area contributed by atoms with Crippen molar-refractivity contribution < 1.29 is 14.3 Å². The molecule has 0 radical (unpaired) electrons. The molecule has 0 aromatic carbocycles. The standard InChI is InChI=1S/C12H16N2O3S/c1-4-17-12(16)8(2)9(3)13-14-11(15)10-6-5-7-18-10/h5-8H,4H2,1-3H3,(H,14,15)/b13-9+/t8-/m1/s1. The molecule has 0 unspecified atom stereocenters. The van der Waals surface area contributed by atoms with Crippen molar-refractivity contribution in [2.45, 2.75) is 20.8 Å². The Bertz CT molecular complexity index is 440. The molecule has 1 atom stereocenters. The second kappa shape index (κ2) is 6.90. The number of nitrogens with one attached hydrogen (secondary N) is 1. The van der Waals surface area contributed by atoms with E-state index in [0.717, 1.165) is 0 Å². The van der Waals surface area contributed by atoms with Gasteiger partial charge in [0, 0.05) is 5.71 Å². The molecule has 1 heterocycles. The largest absolute Gasteiger partial charge is 0.465 e. The smallest absolute Gasteiger partial charge is 0.314 e. The quantitative estimate of drug-likeness (QED) is 0.505. The Morgan fingerprint density at radius 2 is 2.28 bits per heavy atom. The molecule has 1 N–H and O–H groups in total. The van der Waals surface area contributed by atoms with Gasteiger partial charge in [0.1, 0.15) is 0 Å². The molecule has 0 fully saturated rings. The minimum absolute atomic E-state index is 0.277. The van der Waals surface area contributed by atoms with Gasteiger partial charge in [-0.1, -0.05) is 6.07 Å². The summed E-state index contributed by atoms with van der Waals surface area (Å²) in [6.45, 7) is 5.44. The number of thiophene rings is 1. The highest BCUT2D eigenvalue weighted by Gasteiger charge is 2.17. The van der Waals surface area contributed by atoms with E-state index in [1.807, 2.05) is 5.38 Å². The zero-order valence-corrected chi connectivity index (χ0v) is 11.4. The van der Waals surface area contributed by atoms with Crippen LogP contribution in [0.3, 0.4) is 0 Å². The zero-order valence-electron chi connectivity index (χ0n) is 10.6. The number of hydrogen-bond acceptors (Lipinski definition) is 5. The van der Waals surface area contributed by atoms with Crippen LogP contribution < -0.4 is 5.43 Å². The van der Waals surface area contributed by atoms with Gasteiger partial charge >= 0.3 is 5.97 Å². The summed E-state index contributed by atoms with van der Waals surface area (Å²) in [7, 11) is 0. The minimum atomic E-state index is -0.464. The Kier molecular flexibility index (Phi) is 5.51. The van der Waals surface area contributed by atoms with Gasteiger partial charge < -0.3 is 4.74 Å². The van der Waals surface area contributed by atoms with Gasteiger partial charge in [0.25, 0.3) is 5.91 Å². The van der Waals surface area contributed by atoms with Crippen LogP contribution in [0, 0.1) is 5.92 Å². The summed E-state index contributed by atoms with van der Waals surface area (Å²) in [6.07, 6.45) is 0. The summed E-state index contributed by atoms with van der Waals surface area (Å²) < 4.78 is 4.87. The van der Waals surface area contributed by atoms with Crippen LogP contribution in [-0.4, -0.2) is 24.2 Å². The van der Waals surface area contributed by atoms with E-state index in [1.165, 1.54) is 11.3 Å². The van der Waals surface area contributed by atoms with E-state index >= 15 is 0 Å². The Hall–Kier alpha value is -1.69. The molecular weight excluding hydrogens is 252 g/mol. The first-order valence-electron chi connectivity index (χ1n) is 5.61. The van der Waals surface area contributed by atoms with E-state index in [4.69, 9.17) is 4.74 Å². The van der Waals surface area contributed by atoms with E-state index in [2.05, 4.69) is 10.5 Å². The van der Waals surface area contributed by atoms with E-state index in [-0.39, 0.29) is 11.9 Å². The molecule has 6 heteroatoms. The summed E-state index contributed by atoms with van der Waals surface area (Å²) in [6, 6.07) is 3.50. The van der Waals surface area contributed by atoms with Gasteiger partial charge in [0.15, 0.2) is 0 Å². The van der Waals surface area contributed by atoms with Crippen LogP contribution in [0.2, 0.25) is 0 Å². The Balaban J connectivity index is 2.56. The fourth-order valence-corrected chi connectivity index (χ4v) is 1.75. The molecular formula is C12H16N2O3S. The molecule has 18 heavy (non-hydrogen) atoms. The molecule has 1 aromatic heterocycles. The number of ether oxygens (including phenoxy) is 1. The number of rotatable bonds is 5. The molecule has 0 saturated carbocycles. The third kappa shape index (κ3) is 3.96. The highest BCUT2D eigenvalue weighted by Crippen LogP contribution is 2.08. The van der Waals surface area contributed by atoms with E-state index in [9.17, 15) is 9.59 Å². The van der Waals surface area contributed by atoms with Crippen molar-refractivity contribution >= 4 is 28.9 Å². The first-order valence-corrected chi connectivity index (χ1v) is 6.48. The molecule has 0 aliphatic rings. The molecule has 5 nitrogen and oxygen atoms in total. The maximum absolute atomic E-state index is 11.6. The average Bonchev–Trinajstić information content (AvgIpc) is 2.88. The molecule has 0 spiro atoms. The minimum Gasteiger partial charge on any atom is -0.465 e. The second-order valence-electron chi connectivity index (χ2n) is 3.65. The normalized spacial score (nSPS) is 12.9. The molecule has 0 aliphatic heterocycles. The number of hydrazone groups is 1. The Morgan fingerprint density at radius 1 is 1.56 bits per heavy atom. The summed E-state index contributed by atoms with van der Waals surface area (Å²) in [4.78, 5) is 23.6. The fourth-order valence-electron chi connectivity index (χ4n) is 1.14. The average molecular weight is 268 g/mol. The van der Waals surface area contributed by atoms with Crippen molar-refractivity contribution in [3.05, 3.63) is 22.4 Å². The van der Waals surface area contributed by atoms with Gasteiger partial charge in [-0.15, -0.1) is 11.3 Å². The van der Waals surface area contributed by atoms with Crippen molar-refractivity contribution in [3.63, 3.8) is 0 Å². The number of carbonyl (C=O) groups is 2. The molecule has 1 amide bonds. The SMILES string of the molecule is CCOC(=O)[C@H](C)/C(C)=N/NC(=O)c1cccs1. The van der Waals surface area contributed by atoms with Crippen molar-refractivity contribution in [1.82, 2.24) is 5.43 Å². The highest BCUT2D eigenvalue weighted by atomic mass is 32.1. The van der Waals surface area contributed by atoms with E-state index < -0.39 is 5.92 Å². The van der Waals surface area contributed by atoms with Crippen molar-refractivity contribution in [3.8, 4) is 0 Å². The number of amides is 1. The van der Waals surface area contributed by atoms with Crippen LogP contribution >= 0.6 is 11.3 Å². The lowest BCUT2D eigenvalue weighted by Gasteiger charge is -2.09. The fraction of sp³-hybridized carbons (Fsp3) is 0.417. The van der Waals surface area contributed by atoms with Gasteiger partial charge in [0.05, 0.1) is 17.4 Å². The Morgan fingerprint density at radius 3 is 2.83 bits per heavy atom.